The Morgan fingerprint density at radius 1 is 1.71 bits per heavy atom. The first-order valence-corrected chi connectivity index (χ1v) is 5.92. The number of carbonyl (C=O) groups excluding carboxylic acids is 1. The zero-order chi connectivity index (χ0) is 12.4. The van der Waals surface area contributed by atoms with Gasteiger partial charge in [-0.1, -0.05) is 0 Å². The van der Waals surface area contributed by atoms with Gasteiger partial charge in [0.05, 0.1) is 18.3 Å². The topological polar surface area (TPSA) is 84.4 Å². The third kappa shape index (κ3) is 2.12. The Balaban J connectivity index is 2.21. The fraction of sp³-hybridized carbons (Fsp3) is 0.636. The zero-order valence-electron chi connectivity index (χ0n) is 9.96. The van der Waals surface area contributed by atoms with Crippen molar-refractivity contribution in [1.82, 2.24) is 14.7 Å². The van der Waals surface area contributed by atoms with E-state index in [1.54, 1.807) is 15.8 Å². The maximum Gasteiger partial charge on any atom is 0.276 e. The summed E-state index contributed by atoms with van der Waals surface area (Å²) in [7, 11) is 0. The van der Waals surface area contributed by atoms with E-state index in [4.69, 9.17) is 5.73 Å². The summed E-state index contributed by atoms with van der Waals surface area (Å²) < 4.78 is 1.65. The Labute approximate surface area is 100 Å². The van der Waals surface area contributed by atoms with Crippen molar-refractivity contribution in [3.8, 4) is 0 Å². The zero-order valence-corrected chi connectivity index (χ0v) is 9.96. The summed E-state index contributed by atoms with van der Waals surface area (Å²) in [6, 6.07) is -0.0892. The van der Waals surface area contributed by atoms with Crippen LogP contribution in [0, 0.1) is 0 Å². The fourth-order valence-electron chi connectivity index (χ4n) is 2.19. The predicted octanol–water partition coefficient (Wildman–Crippen LogP) is 0.0821. The van der Waals surface area contributed by atoms with Crippen LogP contribution >= 0.6 is 0 Å². The van der Waals surface area contributed by atoms with Gasteiger partial charge in [-0.25, -0.2) is 0 Å². The molecule has 0 bridgehead atoms. The molecule has 2 rings (SSSR count). The summed E-state index contributed by atoms with van der Waals surface area (Å²) in [4.78, 5) is 13.9. The van der Waals surface area contributed by atoms with Crippen LogP contribution in [0.5, 0.6) is 0 Å². The highest BCUT2D eigenvalue weighted by Crippen LogP contribution is 2.21. The van der Waals surface area contributed by atoms with E-state index in [0.717, 1.165) is 12.8 Å². The van der Waals surface area contributed by atoms with Gasteiger partial charge in [0, 0.05) is 19.3 Å². The van der Waals surface area contributed by atoms with Crippen LogP contribution in [-0.2, 0) is 6.54 Å². The maximum absolute atomic E-state index is 12.2. The van der Waals surface area contributed by atoms with Crippen molar-refractivity contribution in [2.24, 2.45) is 0 Å². The molecule has 6 nitrogen and oxygen atoms in total. The summed E-state index contributed by atoms with van der Waals surface area (Å²) >= 11 is 0. The maximum atomic E-state index is 12.2. The highest BCUT2D eigenvalue weighted by Gasteiger charge is 2.31. The molecule has 1 saturated heterocycles. The predicted molar refractivity (Wildman–Crippen MR) is 63.5 cm³/mol. The second kappa shape index (κ2) is 4.75. The number of aromatic nitrogens is 2. The van der Waals surface area contributed by atoms with Gasteiger partial charge in [-0.2, -0.15) is 5.10 Å². The summed E-state index contributed by atoms with van der Waals surface area (Å²) in [5.41, 5.74) is 6.48. The van der Waals surface area contributed by atoms with Crippen LogP contribution in [0.25, 0.3) is 0 Å². The smallest absolute Gasteiger partial charge is 0.276 e. The number of aliphatic hydroxyl groups excluding tert-OH is 1. The molecule has 1 amide bonds. The molecule has 2 heterocycles. The first-order valence-electron chi connectivity index (χ1n) is 5.92. The molecule has 1 atom stereocenters. The highest BCUT2D eigenvalue weighted by atomic mass is 16.3. The number of hydrogen-bond acceptors (Lipinski definition) is 4. The monoisotopic (exact) mass is 238 g/mol. The van der Waals surface area contributed by atoms with E-state index < -0.39 is 0 Å². The van der Waals surface area contributed by atoms with Gasteiger partial charge in [-0.15, -0.1) is 0 Å². The molecule has 3 N–H and O–H groups in total. The van der Waals surface area contributed by atoms with Crippen molar-refractivity contribution >= 4 is 11.6 Å². The minimum Gasteiger partial charge on any atom is -0.396 e. The van der Waals surface area contributed by atoms with Crippen molar-refractivity contribution in [3.63, 3.8) is 0 Å². The number of likely N-dealkylation sites (tertiary alicyclic amines) is 1. The molecule has 0 saturated carbocycles. The minimum absolute atomic E-state index is 0.000130. The number of aliphatic hydroxyl groups is 1. The average Bonchev–Trinajstić information content (AvgIpc) is 2.93. The molecule has 1 aromatic rings. The van der Waals surface area contributed by atoms with E-state index in [2.05, 4.69) is 5.10 Å². The van der Waals surface area contributed by atoms with Gasteiger partial charge in [0.2, 0.25) is 0 Å². The Kier molecular flexibility index (Phi) is 3.33. The lowest BCUT2D eigenvalue weighted by Crippen LogP contribution is -2.38. The number of hydrogen-bond donors (Lipinski definition) is 2. The van der Waals surface area contributed by atoms with Crippen LogP contribution in [0.1, 0.15) is 30.3 Å². The molecule has 0 aromatic carbocycles. The molecule has 17 heavy (non-hydrogen) atoms. The van der Waals surface area contributed by atoms with Gasteiger partial charge in [-0.05, 0) is 19.8 Å². The number of carbonyl (C=O) groups is 1. The van der Waals surface area contributed by atoms with Crippen molar-refractivity contribution in [1.29, 1.82) is 0 Å². The molecule has 1 aliphatic heterocycles. The molecule has 1 aliphatic rings. The van der Waals surface area contributed by atoms with Gasteiger partial charge in [0.1, 0.15) is 0 Å². The molecule has 1 aromatic heterocycles. The molecular formula is C11H18N4O2. The lowest BCUT2D eigenvalue weighted by molar-refractivity contribution is 0.0672. The second-order valence-electron chi connectivity index (χ2n) is 4.27. The Hall–Kier alpha value is -1.56. The molecular weight excluding hydrogens is 220 g/mol. The number of nitrogen functional groups attached to an aromatic ring is 1. The van der Waals surface area contributed by atoms with E-state index in [9.17, 15) is 9.90 Å². The van der Waals surface area contributed by atoms with Gasteiger partial charge < -0.3 is 15.7 Å². The number of amides is 1. The third-order valence-electron chi connectivity index (χ3n) is 3.17. The standard InChI is InChI=1S/C11H18N4O2/c1-2-14-6-9(12)10(13-14)11(17)15-5-3-4-8(15)7-16/h6,8,16H,2-5,7,12H2,1H3. The summed E-state index contributed by atoms with van der Waals surface area (Å²) in [5.74, 6) is -0.175. The number of nitrogens with zero attached hydrogens (tertiary/aromatic N) is 3. The summed E-state index contributed by atoms with van der Waals surface area (Å²) in [5, 5.41) is 13.4. The largest absolute Gasteiger partial charge is 0.396 e. The van der Waals surface area contributed by atoms with E-state index in [-0.39, 0.29) is 18.6 Å². The van der Waals surface area contributed by atoms with Crippen LogP contribution < -0.4 is 5.73 Å². The third-order valence-corrected chi connectivity index (χ3v) is 3.17. The second-order valence-corrected chi connectivity index (χ2v) is 4.27. The van der Waals surface area contributed by atoms with E-state index >= 15 is 0 Å². The minimum atomic E-state index is -0.175. The molecule has 0 radical (unpaired) electrons. The van der Waals surface area contributed by atoms with Crippen LogP contribution in [0.3, 0.4) is 0 Å². The Morgan fingerprint density at radius 2 is 2.47 bits per heavy atom. The highest BCUT2D eigenvalue weighted by molar-refractivity contribution is 5.97. The van der Waals surface area contributed by atoms with Crippen LogP contribution in [-0.4, -0.2) is 44.9 Å². The van der Waals surface area contributed by atoms with Crippen LogP contribution in [0.4, 0.5) is 5.69 Å². The Bertz CT molecular complexity index is 416. The first-order chi connectivity index (χ1) is 8.17. The van der Waals surface area contributed by atoms with Gasteiger partial charge >= 0.3 is 0 Å². The van der Waals surface area contributed by atoms with Crippen molar-refractivity contribution in [3.05, 3.63) is 11.9 Å². The van der Waals surface area contributed by atoms with E-state index in [1.807, 2.05) is 6.92 Å². The normalized spacial score (nSPS) is 19.9. The van der Waals surface area contributed by atoms with Crippen molar-refractivity contribution in [2.75, 3.05) is 18.9 Å². The average molecular weight is 238 g/mol. The van der Waals surface area contributed by atoms with E-state index in [1.165, 1.54) is 0 Å². The number of aryl methyl sites for hydroxylation is 1. The number of nitrogens with two attached hydrogens (primary N) is 1. The SMILES string of the molecule is CCn1cc(N)c(C(=O)N2CCCC2CO)n1. The molecule has 1 fully saturated rings. The molecule has 1 unspecified atom stereocenters. The van der Waals surface area contributed by atoms with Gasteiger partial charge in [0.25, 0.3) is 5.91 Å². The Morgan fingerprint density at radius 3 is 3.06 bits per heavy atom. The molecule has 6 heteroatoms. The van der Waals surface area contributed by atoms with Crippen LogP contribution in [0.2, 0.25) is 0 Å². The summed E-state index contributed by atoms with van der Waals surface area (Å²) in [6.07, 6.45) is 3.43. The van der Waals surface area contributed by atoms with Gasteiger partial charge in [-0.3, -0.25) is 9.48 Å². The van der Waals surface area contributed by atoms with Crippen molar-refractivity contribution in [2.45, 2.75) is 32.4 Å². The lowest BCUT2D eigenvalue weighted by Gasteiger charge is -2.22. The number of rotatable bonds is 3. The van der Waals surface area contributed by atoms with Crippen LogP contribution in [0.15, 0.2) is 6.20 Å². The fourth-order valence-corrected chi connectivity index (χ4v) is 2.19. The summed E-state index contributed by atoms with van der Waals surface area (Å²) in [6.45, 7) is 3.29. The number of anilines is 1. The van der Waals surface area contributed by atoms with Gasteiger partial charge in [0.15, 0.2) is 5.69 Å². The molecule has 94 valence electrons. The van der Waals surface area contributed by atoms with Crippen molar-refractivity contribution < 1.29 is 9.90 Å². The van der Waals surface area contributed by atoms with E-state index in [0.29, 0.717) is 24.5 Å². The quantitative estimate of drug-likeness (QED) is 0.781. The first kappa shape index (κ1) is 11.9. The lowest BCUT2D eigenvalue weighted by atomic mass is 10.2. The molecule has 0 spiro atoms. The molecule has 0 aliphatic carbocycles.